The Labute approximate surface area is 117 Å². The summed E-state index contributed by atoms with van der Waals surface area (Å²) < 4.78 is 5.30. The number of aromatic nitrogens is 2. The topological polar surface area (TPSA) is 51.0 Å². The quantitative estimate of drug-likeness (QED) is 0.774. The van der Waals surface area contributed by atoms with Gasteiger partial charge >= 0.3 is 0 Å². The number of nitrogens with one attached hydrogen (secondary N) is 1. The summed E-state index contributed by atoms with van der Waals surface area (Å²) >= 11 is 0. The molecule has 0 radical (unpaired) electrons. The van der Waals surface area contributed by atoms with E-state index in [2.05, 4.69) is 22.4 Å². The molecule has 3 aromatic rings. The van der Waals surface area contributed by atoms with Gasteiger partial charge in [-0.25, -0.2) is 0 Å². The van der Waals surface area contributed by atoms with E-state index in [1.54, 1.807) is 0 Å². The molecule has 0 aliphatic heterocycles. The second-order valence-electron chi connectivity index (χ2n) is 4.73. The molecular formula is C16H15N3O. The van der Waals surface area contributed by atoms with Crippen molar-refractivity contribution in [1.82, 2.24) is 10.1 Å². The number of rotatable bonds is 3. The molecule has 0 fully saturated rings. The minimum atomic E-state index is 0.465. The molecule has 0 saturated heterocycles. The van der Waals surface area contributed by atoms with E-state index >= 15 is 0 Å². The summed E-state index contributed by atoms with van der Waals surface area (Å²) in [6.07, 6.45) is 0. The van der Waals surface area contributed by atoms with Crippen molar-refractivity contribution in [3.05, 3.63) is 59.7 Å². The molecule has 0 atom stereocenters. The fourth-order valence-corrected chi connectivity index (χ4v) is 1.96. The van der Waals surface area contributed by atoms with Gasteiger partial charge < -0.3 is 9.84 Å². The zero-order valence-electron chi connectivity index (χ0n) is 11.4. The molecule has 0 aliphatic carbocycles. The van der Waals surface area contributed by atoms with Crippen LogP contribution in [0.5, 0.6) is 0 Å². The van der Waals surface area contributed by atoms with Gasteiger partial charge in [-0.2, -0.15) is 4.98 Å². The lowest BCUT2D eigenvalue weighted by Gasteiger charge is -2.00. The molecule has 0 saturated carbocycles. The van der Waals surface area contributed by atoms with Gasteiger partial charge in [0.15, 0.2) is 0 Å². The number of benzene rings is 2. The van der Waals surface area contributed by atoms with Crippen molar-refractivity contribution < 1.29 is 4.52 Å². The Morgan fingerprint density at radius 1 is 0.950 bits per heavy atom. The lowest BCUT2D eigenvalue weighted by Crippen LogP contribution is -1.92. The largest absolute Gasteiger partial charge is 0.332 e. The molecule has 100 valence electrons. The summed E-state index contributed by atoms with van der Waals surface area (Å²) in [5, 5.41) is 7.08. The van der Waals surface area contributed by atoms with Crippen LogP contribution in [0.3, 0.4) is 0 Å². The maximum atomic E-state index is 5.30. The van der Waals surface area contributed by atoms with Crippen molar-refractivity contribution >= 4 is 11.6 Å². The van der Waals surface area contributed by atoms with E-state index in [1.807, 2.05) is 55.5 Å². The predicted octanol–water partition coefficient (Wildman–Crippen LogP) is 4.10. The summed E-state index contributed by atoms with van der Waals surface area (Å²) in [7, 11) is 0. The molecule has 1 heterocycles. The third-order valence-corrected chi connectivity index (χ3v) is 3.11. The third kappa shape index (κ3) is 2.54. The molecule has 1 N–H and O–H groups in total. The highest BCUT2D eigenvalue weighted by Gasteiger charge is 2.10. The monoisotopic (exact) mass is 265 g/mol. The molecule has 0 spiro atoms. The van der Waals surface area contributed by atoms with E-state index < -0.39 is 0 Å². The van der Waals surface area contributed by atoms with Gasteiger partial charge in [-0.1, -0.05) is 35.9 Å². The van der Waals surface area contributed by atoms with Crippen LogP contribution in [0.2, 0.25) is 0 Å². The van der Waals surface area contributed by atoms with E-state index in [4.69, 9.17) is 4.52 Å². The first-order valence-electron chi connectivity index (χ1n) is 6.46. The number of hydrogen-bond donors (Lipinski definition) is 1. The van der Waals surface area contributed by atoms with Crippen LogP contribution in [0.15, 0.2) is 53.1 Å². The van der Waals surface area contributed by atoms with Crippen molar-refractivity contribution in [3.8, 4) is 11.5 Å². The second-order valence-corrected chi connectivity index (χ2v) is 4.73. The number of anilines is 2. The van der Waals surface area contributed by atoms with Crippen molar-refractivity contribution in [1.29, 1.82) is 0 Å². The molecule has 4 heteroatoms. The van der Waals surface area contributed by atoms with Gasteiger partial charge in [0.05, 0.1) is 0 Å². The Morgan fingerprint density at radius 2 is 1.70 bits per heavy atom. The van der Waals surface area contributed by atoms with E-state index in [0.29, 0.717) is 11.8 Å². The molecular weight excluding hydrogens is 250 g/mol. The first-order valence-corrected chi connectivity index (χ1v) is 6.46. The van der Waals surface area contributed by atoms with Gasteiger partial charge in [0.25, 0.3) is 11.8 Å². The summed E-state index contributed by atoms with van der Waals surface area (Å²) in [5.41, 5.74) is 4.21. The molecule has 0 aliphatic rings. The van der Waals surface area contributed by atoms with Crippen LogP contribution in [-0.2, 0) is 0 Å². The van der Waals surface area contributed by atoms with Gasteiger partial charge in [-0.15, -0.1) is 0 Å². The lowest BCUT2D eigenvalue weighted by atomic mass is 10.1. The molecule has 0 unspecified atom stereocenters. The van der Waals surface area contributed by atoms with Gasteiger partial charge in [0.1, 0.15) is 0 Å². The smallest absolute Gasteiger partial charge is 0.268 e. The number of hydrogen-bond acceptors (Lipinski definition) is 4. The van der Waals surface area contributed by atoms with Gasteiger partial charge in [-0.05, 0) is 42.8 Å². The van der Waals surface area contributed by atoms with E-state index in [1.165, 1.54) is 5.56 Å². The maximum absolute atomic E-state index is 5.30. The molecule has 0 bridgehead atoms. The van der Waals surface area contributed by atoms with Gasteiger partial charge in [-0.3, -0.25) is 0 Å². The van der Waals surface area contributed by atoms with Gasteiger partial charge in [0.2, 0.25) is 0 Å². The van der Waals surface area contributed by atoms with Crippen molar-refractivity contribution in [2.45, 2.75) is 13.8 Å². The Balaban J connectivity index is 1.84. The summed E-state index contributed by atoms with van der Waals surface area (Å²) in [6.45, 7) is 4.07. The minimum Gasteiger partial charge on any atom is -0.332 e. The predicted molar refractivity (Wildman–Crippen MR) is 78.9 cm³/mol. The summed E-state index contributed by atoms with van der Waals surface area (Å²) in [5.74, 6) is 0.991. The highest BCUT2D eigenvalue weighted by Crippen LogP contribution is 2.23. The zero-order valence-corrected chi connectivity index (χ0v) is 11.4. The minimum absolute atomic E-state index is 0.465. The first kappa shape index (κ1) is 12.4. The van der Waals surface area contributed by atoms with Crippen LogP contribution in [0.25, 0.3) is 11.5 Å². The van der Waals surface area contributed by atoms with Crippen LogP contribution < -0.4 is 5.32 Å². The molecule has 0 amide bonds. The SMILES string of the molecule is Cc1ccc(Nc2noc(-c3ccccc3C)n2)cc1. The normalized spacial score (nSPS) is 10.5. The Kier molecular flexibility index (Phi) is 3.21. The van der Waals surface area contributed by atoms with Crippen molar-refractivity contribution in [3.63, 3.8) is 0 Å². The molecule has 1 aromatic heterocycles. The average Bonchev–Trinajstić information content (AvgIpc) is 2.90. The number of aryl methyl sites for hydroxylation is 2. The highest BCUT2D eigenvalue weighted by molar-refractivity contribution is 5.60. The lowest BCUT2D eigenvalue weighted by molar-refractivity contribution is 0.432. The molecule has 2 aromatic carbocycles. The standard InChI is InChI=1S/C16H15N3O/c1-11-7-9-13(10-8-11)17-16-18-15(20-19-16)14-6-4-3-5-12(14)2/h3-10H,1-2H3,(H,17,19). The Hall–Kier alpha value is -2.62. The van der Waals surface area contributed by atoms with Crippen LogP contribution in [0.4, 0.5) is 11.6 Å². The van der Waals surface area contributed by atoms with Crippen molar-refractivity contribution in [2.24, 2.45) is 0 Å². The summed E-state index contributed by atoms with van der Waals surface area (Å²) in [4.78, 5) is 4.37. The van der Waals surface area contributed by atoms with E-state index in [0.717, 1.165) is 16.8 Å². The fourth-order valence-electron chi connectivity index (χ4n) is 1.96. The second kappa shape index (κ2) is 5.17. The highest BCUT2D eigenvalue weighted by atomic mass is 16.5. The Bertz CT molecular complexity index is 717. The Morgan fingerprint density at radius 3 is 2.45 bits per heavy atom. The first-order chi connectivity index (χ1) is 9.72. The molecule has 3 rings (SSSR count). The molecule has 4 nitrogen and oxygen atoms in total. The third-order valence-electron chi connectivity index (χ3n) is 3.11. The van der Waals surface area contributed by atoms with Crippen molar-refractivity contribution in [2.75, 3.05) is 5.32 Å². The average molecular weight is 265 g/mol. The maximum Gasteiger partial charge on any atom is 0.268 e. The van der Waals surface area contributed by atoms with Crippen LogP contribution >= 0.6 is 0 Å². The van der Waals surface area contributed by atoms with E-state index in [-0.39, 0.29) is 0 Å². The zero-order chi connectivity index (χ0) is 13.9. The molecule has 20 heavy (non-hydrogen) atoms. The van der Waals surface area contributed by atoms with Crippen LogP contribution in [0.1, 0.15) is 11.1 Å². The van der Waals surface area contributed by atoms with Crippen LogP contribution in [-0.4, -0.2) is 10.1 Å². The van der Waals surface area contributed by atoms with Crippen LogP contribution in [0, 0.1) is 13.8 Å². The van der Waals surface area contributed by atoms with Gasteiger partial charge in [0, 0.05) is 11.3 Å². The number of nitrogens with zero attached hydrogens (tertiary/aromatic N) is 2. The fraction of sp³-hybridized carbons (Fsp3) is 0.125. The summed E-state index contributed by atoms with van der Waals surface area (Å²) in [6, 6.07) is 16.0. The van der Waals surface area contributed by atoms with E-state index in [9.17, 15) is 0 Å².